The van der Waals surface area contributed by atoms with E-state index in [1.165, 1.54) is 18.4 Å². The van der Waals surface area contributed by atoms with Gasteiger partial charge in [-0.1, -0.05) is 11.6 Å². The smallest absolute Gasteiger partial charge is 0.322 e. The molecule has 0 saturated carbocycles. The van der Waals surface area contributed by atoms with Crippen molar-refractivity contribution in [2.24, 2.45) is 0 Å². The zero-order valence-corrected chi connectivity index (χ0v) is 11.1. The van der Waals surface area contributed by atoms with Gasteiger partial charge in [0.25, 0.3) is 0 Å². The minimum absolute atomic E-state index is 0.0866. The second-order valence-electron chi connectivity index (χ2n) is 2.97. The van der Waals surface area contributed by atoms with Crippen LogP contribution in [0.1, 0.15) is 4.88 Å². The van der Waals surface area contributed by atoms with Crippen molar-refractivity contribution in [3.8, 4) is 6.01 Å². The lowest BCUT2D eigenvalue weighted by molar-refractivity contribution is 0.379. The largest absolute Gasteiger partial charge is 0.467 e. The highest BCUT2D eigenvalue weighted by atomic mass is 35.5. The highest BCUT2D eigenvalue weighted by Crippen LogP contribution is 2.22. The van der Waals surface area contributed by atoms with Crippen LogP contribution in [-0.2, 0) is 6.54 Å². The van der Waals surface area contributed by atoms with Crippen molar-refractivity contribution in [3.63, 3.8) is 0 Å². The van der Waals surface area contributed by atoms with E-state index in [0.717, 1.165) is 9.21 Å². The van der Waals surface area contributed by atoms with E-state index in [4.69, 9.17) is 27.9 Å². The van der Waals surface area contributed by atoms with Gasteiger partial charge in [-0.2, -0.15) is 15.0 Å². The Morgan fingerprint density at radius 1 is 1.29 bits per heavy atom. The molecule has 0 unspecified atom stereocenters. The normalized spacial score (nSPS) is 10.3. The molecule has 90 valence electrons. The Morgan fingerprint density at radius 2 is 2.12 bits per heavy atom. The van der Waals surface area contributed by atoms with Crippen LogP contribution in [0.15, 0.2) is 12.1 Å². The third kappa shape index (κ3) is 3.42. The molecule has 0 aliphatic carbocycles. The van der Waals surface area contributed by atoms with E-state index in [1.807, 2.05) is 12.1 Å². The number of aromatic nitrogens is 3. The Hall–Kier alpha value is -1.11. The molecule has 5 nitrogen and oxygen atoms in total. The Morgan fingerprint density at radius 3 is 2.76 bits per heavy atom. The highest BCUT2D eigenvalue weighted by Gasteiger charge is 2.05. The van der Waals surface area contributed by atoms with Crippen LogP contribution in [0.5, 0.6) is 6.01 Å². The van der Waals surface area contributed by atoms with Crippen LogP contribution in [0, 0.1) is 0 Å². The summed E-state index contributed by atoms with van der Waals surface area (Å²) in [5.41, 5.74) is 0. The van der Waals surface area contributed by atoms with Crippen molar-refractivity contribution in [2.45, 2.75) is 6.54 Å². The van der Waals surface area contributed by atoms with Crippen LogP contribution in [0.4, 0.5) is 5.95 Å². The summed E-state index contributed by atoms with van der Waals surface area (Å²) in [6.07, 6.45) is 0. The van der Waals surface area contributed by atoms with Crippen molar-refractivity contribution in [2.75, 3.05) is 12.4 Å². The number of rotatable bonds is 4. The molecule has 2 rings (SSSR count). The van der Waals surface area contributed by atoms with Crippen molar-refractivity contribution in [1.82, 2.24) is 15.0 Å². The summed E-state index contributed by atoms with van der Waals surface area (Å²) >= 11 is 13.0. The van der Waals surface area contributed by atoms with Crippen LogP contribution in [0.25, 0.3) is 0 Å². The monoisotopic (exact) mass is 290 g/mol. The quantitative estimate of drug-likeness (QED) is 0.938. The van der Waals surface area contributed by atoms with Gasteiger partial charge in [0.1, 0.15) is 0 Å². The van der Waals surface area contributed by atoms with Gasteiger partial charge in [-0.25, -0.2) is 0 Å². The first-order valence-corrected chi connectivity index (χ1v) is 6.18. The molecule has 2 aromatic rings. The van der Waals surface area contributed by atoms with E-state index in [-0.39, 0.29) is 11.3 Å². The van der Waals surface area contributed by atoms with Crippen molar-refractivity contribution in [3.05, 3.63) is 26.6 Å². The first-order valence-electron chi connectivity index (χ1n) is 4.61. The maximum Gasteiger partial charge on any atom is 0.322 e. The molecular weight excluding hydrogens is 283 g/mol. The lowest BCUT2D eigenvalue weighted by Crippen LogP contribution is -2.05. The Labute approximate surface area is 112 Å². The average molecular weight is 291 g/mol. The number of nitrogens with one attached hydrogen (secondary N) is 1. The molecule has 0 spiro atoms. The molecule has 0 aromatic carbocycles. The molecule has 0 radical (unpaired) electrons. The lowest BCUT2D eigenvalue weighted by Gasteiger charge is -2.04. The fourth-order valence-corrected chi connectivity index (χ4v) is 2.29. The van der Waals surface area contributed by atoms with Gasteiger partial charge in [0.15, 0.2) is 0 Å². The van der Waals surface area contributed by atoms with Gasteiger partial charge in [0, 0.05) is 4.88 Å². The zero-order valence-electron chi connectivity index (χ0n) is 8.78. The number of ether oxygens (including phenoxy) is 1. The molecule has 0 saturated heterocycles. The number of hydrogen-bond acceptors (Lipinski definition) is 6. The van der Waals surface area contributed by atoms with Crippen LogP contribution < -0.4 is 10.1 Å². The third-order valence-electron chi connectivity index (χ3n) is 1.82. The average Bonchev–Trinajstić information content (AvgIpc) is 2.72. The van der Waals surface area contributed by atoms with E-state index in [2.05, 4.69) is 20.3 Å². The Kier molecular flexibility index (Phi) is 3.98. The molecule has 8 heteroatoms. The lowest BCUT2D eigenvalue weighted by atomic mass is 10.5. The molecule has 0 amide bonds. The molecule has 2 aromatic heterocycles. The summed E-state index contributed by atoms with van der Waals surface area (Å²) in [6, 6.07) is 3.95. The topological polar surface area (TPSA) is 59.9 Å². The first-order chi connectivity index (χ1) is 8.17. The van der Waals surface area contributed by atoms with Crippen molar-refractivity contribution >= 4 is 40.5 Å². The maximum atomic E-state index is 5.82. The predicted octanol–water partition coefficient (Wildman–Crippen LogP) is 2.86. The number of anilines is 1. The summed E-state index contributed by atoms with van der Waals surface area (Å²) in [7, 11) is 1.47. The van der Waals surface area contributed by atoms with Gasteiger partial charge in [-0.15, -0.1) is 11.3 Å². The Balaban J connectivity index is 2.05. The van der Waals surface area contributed by atoms with Gasteiger partial charge < -0.3 is 10.1 Å². The molecule has 0 aliphatic heterocycles. The van der Waals surface area contributed by atoms with Gasteiger partial charge >= 0.3 is 6.01 Å². The SMILES string of the molecule is COc1nc(Cl)nc(NCc2ccc(Cl)s2)n1. The summed E-state index contributed by atoms with van der Waals surface area (Å²) in [6.45, 7) is 0.570. The molecule has 0 fully saturated rings. The van der Waals surface area contributed by atoms with Gasteiger partial charge in [0.2, 0.25) is 11.2 Å². The summed E-state index contributed by atoms with van der Waals surface area (Å²) < 4.78 is 5.63. The molecule has 0 atom stereocenters. The van der Waals surface area contributed by atoms with Crippen LogP contribution in [-0.4, -0.2) is 22.1 Å². The molecule has 0 bridgehead atoms. The van der Waals surface area contributed by atoms with Crippen LogP contribution in [0.2, 0.25) is 9.62 Å². The van der Waals surface area contributed by atoms with E-state index in [9.17, 15) is 0 Å². The van der Waals surface area contributed by atoms with E-state index < -0.39 is 0 Å². The fourth-order valence-electron chi connectivity index (χ4n) is 1.12. The second kappa shape index (κ2) is 5.48. The predicted molar refractivity (Wildman–Crippen MR) is 68.0 cm³/mol. The number of nitrogens with zero attached hydrogens (tertiary/aromatic N) is 3. The van der Waals surface area contributed by atoms with Crippen LogP contribution in [0.3, 0.4) is 0 Å². The maximum absolute atomic E-state index is 5.82. The fraction of sp³-hybridized carbons (Fsp3) is 0.222. The molecular formula is C9H8Cl2N4OS. The molecule has 2 heterocycles. The van der Waals surface area contributed by atoms with Gasteiger partial charge in [-0.3, -0.25) is 0 Å². The van der Waals surface area contributed by atoms with E-state index in [0.29, 0.717) is 12.5 Å². The molecule has 17 heavy (non-hydrogen) atoms. The number of hydrogen-bond donors (Lipinski definition) is 1. The second-order valence-corrected chi connectivity index (χ2v) is 5.11. The van der Waals surface area contributed by atoms with E-state index in [1.54, 1.807) is 0 Å². The number of halogens is 2. The van der Waals surface area contributed by atoms with E-state index >= 15 is 0 Å². The highest BCUT2D eigenvalue weighted by molar-refractivity contribution is 7.16. The number of thiophene rings is 1. The number of methoxy groups -OCH3 is 1. The van der Waals surface area contributed by atoms with Crippen LogP contribution >= 0.6 is 34.5 Å². The third-order valence-corrected chi connectivity index (χ3v) is 3.22. The molecule has 1 N–H and O–H groups in total. The van der Waals surface area contributed by atoms with Crippen molar-refractivity contribution < 1.29 is 4.74 Å². The summed E-state index contributed by atoms with van der Waals surface area (Å²) in [4.78, 5) is 12.8. The minimum Gasteiger partial charge on any atom is -0.467 e. The summed E-state index contributed by atoms with van der Waals surface area (Å²) in [5, 5.41) is 3.10. The zero-order chi connectivity index (χ0) is 12.3. The minimum atomic E-state index is 0.0866. The summed E-state index contributed by atoms with van der Waals surface area (Å²) in [5.74, 6) is 0.367. The molecule has 0 aliphatic rings. The Bertz CT molecular complexity index is 519. The van der Waals surface area contributed by atoms with Crippen molar-refractivity contribution in [1.29, 1.82) is 0 Å². The first kappa shape index (κ1) is 12.3. The standard InChI is InChI=1S/C9H8Cl2N4OS/c1-16-9-14-7(11)13-8(15-9)12-4-5-2-3-6(10)17-5/h2-3H,4H2,1H3,(H,12,13,14,15). The van der Waals surface area contributed by atoms with Gasteiger partial charge in [-0.05, 0) is 23.7 Å². The van der Waals surface area contributed by atoms with Gasteiger partial charge in [0.05, 0.1) is 18.0 Å².